The molecule has 1 aromatic carbocycles. The lowest BCUT2D eigenvalue weighted by Crippen LogP contribution is -2.60. The molecular weight excluding hydrogens is 643 g/mol. The highest BCUT2D eigenvalue weighted by molar-refractivity contribution is 14.1. The molecule has 0 aliphatic heterocycles. The van der Waals surface area contributed by atoms with Gasteiger partial charge in [0, 0.05) is 37.8 Å². The molecule has 11 heteroatoms. The van der Waals surface area contributed by atoms with E-state index < -0.39 is 24.2 Å². The van der Waals surface area contributed by atoms with Gasteiger partial charge in [-0.15, -0.1) is 0 Å². The fraction of sp³-hybridized carbons (Fsp3) is 0.633. The quantitative estimate of drug-likeness (QED) is 0.226. The van der Waals surface area contributed by atoms with Crippen LogP contribution in [0.5, 0.6) is 11.5 Å². The van der Waals surface area contributed by atoms with Crippen molar-refractivity contribution in [1.29, 1.82) is 0 Å². The van der Waals surface area contributed by atoms with Crippen LogP contribution >= 0.6 is 22.6 Å². The minimum atomic E-state index is -1.16. The van der Waals surface area contributed by atoms with E-state index in [1.165, 1.54) is 14.2 Å². The summed E-state index contributed by atoms with van der Waals surface area (Å²) in [5, 5.41) is 23.7. The number of aliphatic hydroxyl groups excluding tert-OH is 2. The van der Waals surface area contributed by atoms with Gasteiger partial charge in [0.25, 0.3) is 0 Å². The lowest BCUT2D eigenvalue weighted by atomic mass is 9.45. The molecule has 10 nitrogen and oxygen atoms in total. The number of hydrogen-bond acceptors (Lipinski definition) is 8. The largest absolute Gasteiger partial charge is 0.493 e. The predicted molar refractivity (Wildman–Crippen MR) is 160 cm³/mol. The molecule has 3 N–H and O–H groups in total. The van der Waals surface area contributed by atoms with Gasteiger partial charge in [-0.3, -0.25) is 14.4 Å². The zero-order valence-corrected chi connectivity index (χ0v) is 26.3. The van der Waals surface area contributed by atoms with E-state index in [2.05, 4.69) is 19.2 Å². The first kappa shape index (κ1) is 31.7. The maximum absolute atomic E-state index is 13.5. The molecule has 2 amide bonds. The second kappa shape index (κ2) is 13.4. The average Bonchev–Trinajstić information content (AvgIpc) is 2.96. The predicted octanol–water partition coefficient (Wildman–Crippen LogP) is 2.58. The number of fused-ring (bicyclic) bond motifs is 2. The molecule has 0 unspecified atom stereocenters. The highest BCUT2D eigenvalue weighted by Gasteiger charge is 2.55. The zero-order valence-electron chi connectivity index (χ0n) is 24.1. The molecule has 41 heavy (non-hydrogen) atoms. The van der Waals surface area contributed by atoms with Crippen LogP contribution in [0.15, 0.2) is 23.8 Å². The van der Waals surface area contributed by atoms with Crippen molar-refractivity contribution in [3.8, 4) is 11.5 Å². The van der Waals surface area contributed by atoms with Gasteiger partial charge < -0.3 is 34.6 Å². The van der Waals surface area contributed by atoms with Crippen LogP contribution in [-0.4, -0.2) is 92.0 Å². The Balaban J connectivity index is 1.68. The number of methoxy groups -OCH3 is 2. The molecule has 4 aliphatic carbocycles. The van der Waals surface area contributed by atoms with Gasteiger partial charge >= 0.3 is 0 Å². The van der Waals surface area contributed by atoms with Crippen LogP contribution < -0.4 is 14.8 Å². The number of hydrogen-bond donors (Lipinski definition) is 3. The molecule has 6 atom stereocenters. The number of halogens is 1. The molecular formula is C30H41IN2O8. The molecule has 226 valence electrons. The summed E-state index contributed by atoms with van der Waals surface area (Å²) in [5.74, 6) is 1.44. The highest BCUT2D eigenvalue weighted by Crippen LogP contribution is 2.61. The van der Waals surface area contributed by atoms with Gasteiger partial charge in [0.15, 0.2) is 11.5 Å². The Morgan fingerprint density at radius 2 is 2.00 bits per heavy atom. The van der Waals surface area contributed by atoms with E-state index >= 15 is 0 Å². The minimum Gasteiger partial charge on any atom is -0.493 e. The van der Waals surface area contributed by atoms with Crippen molar-refractivity contribution in [2.45, 2.75) is 57.8 Å². The van der Waals surface area contributed by atoms with Crippen LogP contribution in [0.25, 0.3) is 0 Å². The molecule has 0 heterocycles. The second-order valence-electron chi connectivity index (χ2n) is 11.8. The van der Waals surface area contributed by atoms with Crippen molar-refractivity contribution in [1.82, 2.24) is 10.2 Å². The summed E-state index contributed by atoms with van der Waals surface area (Å²) in [6, 6.07) is 2.43. The maximum Gasteiger partial charge on any atom is 0.248 e. The first-order valence-corrected chi connectivity index (χ1v) is 15.2. The number of rotatable bonds is 12. The number of nitrogens with one attached hydrogen (secondary N) is 1. The van der Waals surface area contributed by atoms with E-state index in [1.54, 1.807) is 23.1 Å². The second-order valence-corrected chi connectivity index (χ2v) is 13.0. The zero-order chi connectivity index (χ0) is 29.9. The third-order valence-corrected chi connectivity index (χ3v) is 10.1. The summed E-state index contributed by atoms with van der Waals surface area (Å²) in [7, 11) is 2.92. The number of nitrogens with zero attached hydrogens (tertiary/aromatic N) is 1. The molecule has 5 rings (SSSR count). The first-order valence-electron chi connectivity index (χ1n) is 14.1. The van der Waals surface area contributed by atoms with Crippen LogP contribution in [0.1, 0.15) is 49.9 Å². The summed E-state index contributed by atoms with van der Waals surface area (Å²) < 4.78 is 17.6. The van der Waals surface area contributed by atoms with Crippen molar-refractivity contribution in [2.75, 3.05) is 40.5 Å². The first-order chi connectivity index (χ1) is 19.5. The maximum atomic E-state index is 13.5. The Kier molecular flexibility index (Phi) is 10.4. The molecule has 0 spiro atoms. The number of amides is 2. The van der Waals surface area contributed by atoms with E-state index in [0.29, 0.717) is 50.9 Å². The molecule has 2 bridgehead atoms. The standard InChI is InChI=1S/C30H41IN2O8/c1-30(2)20-6-5-18(21(30)13-20)14-33(26(36)16-39-3)23-11-19(29(38)32-7-8-34)12-24(27(23)37)41-28-22(31)9-17(15-35)10-25(28)40-4/h9-10,12,15,18,20-21,23-24,27,34,37H,5-8,11,13-14,16H2,1-4H3,(H,32,38)/t18-,20-,21-,23+,24-,27-/m0/s1. The van der Waals surface area contributed by atoms with Gasteiger partial charge in [-0.05, 0) is 83.2 Å². The summed E-state index contributed by atoms with van der Waals surface area (Å²) in [6.45, 7) is 4.76. The third kappa shape index (κ3) is 6.57. The van der Waals surface area contributed by atoms with Crippen LogP contribution in [0.3, 0.4) is 0 Å². The lowest BCUT2D eigenvalue weighted by Gasteiger charge is -2.61. The number of carbonyl (C=O) groups excluding carboxylic acids is 3. The minimum absolute atomic E-state index is 0.0696. The highest BCUT2D eigenvalue weighted by atomic mass is 127. The van der Waals surface area contributed by atoms with Crippen LogP contribution in [0.2, 0.25) is 0 Å². The SMILES string of the molecule is COCC(=O)N(C[C@@H]1CC[C@H]2C[C@@H]1C2(C)C)[C@@H]1CC(C(=O)NCCO)=C[C@H](Oc2c(I)cc(C=O)cc2OC)[C@H]1O. The van der Waals surface area contributed by atoms with Gasteiger partial charge in [0.05, 0.1) is 23.3 Å². The summed E-state index contributed by atoms with van der Waals surface area (Å²) in [5.41, 5.74) is 0.969. The fourth-order valence-corrected chi connectivity index (χ4v) is 7.65. The van der Waals surface area contributed by atoms with Crippen molar-refractivity contribution >= 4 is 40.7 Å². The van der Waals surface area contributed by atoms with E-state index in [1.807, 2.05) is 22.6 Å². The number of benzene rings is 1. The third-order valence-electron chi connectivity index (χ3n) is 9.28. The summed E-state index contributed by atoms with van der Waals surface area (Å²) in [6.07, 6.45) is 3.50. The fourth-order valence-electron chi connectivity index (χ4n) is 6.90. The lowest BCUT2D eigenvalue weighted by molar-refractivity contribution is -0.151. The van der Waals surface area contributed by atoms with Crippen molar-refractivity contribution in [3.63, 3.8) is 0 Å². The van der Waals surface area contributed by atoms with E-state index in [0.717, 1.165) is 19.3 Å². The van der Waals surface area contributed by atoms with Crippen LogP contribution in [0, 0.1) is 26.7 Å². The Hall–Kier alpha value is -2.22. The molecule has 3 fully saturated rings. The molecule has 3 saturated carbocycles. The van der Waals surface area contributed by atoms with Crippen molar-refractivity contribution in [2.24, 2.45) is 23.2 Å². The molecule has 0 saturated heterocycles. The van der Waals surface area contributed by atoms with Crippen LogP contribution in [0.4, 0.5) is 0 Å². The van der Waals surface area contributed by atoms with Crippen molar-refractivity contribution in [3.05, 3.63) is 32.9 Å². The van der Waals surface area contributed by atoms with Gasteiger partial charge in [-0.1, -0.05) is 13.8 Å². The van der Waals surface area contributed by atoms with Gasteiger partial charge in [-0.2, -0.15) is 0 Å². The Labute approximate surface area is 254 Å². The van der Waals surface area contributed by atoms with E-state index in [9.17, 15) is 24.6 Å². The summed E-state index contributed by atoms with van der Waals surface area (Å²) in [4.78, 5) is 39.7. The molecule has 4 aliphatic rings. The Bertz CT molecular complexity index is 1170. The van der Waals surface area contributed by atoms with Gasteiger partial charge in [0.1, 0.15) is 25.1 Å². The van der Waals surface area contributed by atoms with Gasteiger partial charge in [-0.25, -0.2) is 0 Å². The van der Waals surface area contributed by atoms with Gasteiger partial charge in [0.2, 0.25) is 11.8 Å². The molecule has 1 aromatic rings. The number of aliphatic hydroxyl groups is 2. The topological polar surface area (TPSA) is 135 Å². The number of ether oxygens (including phenoxy) is 3. The van der Waals surface area contributed by atoms with E-state index in [-0.39, 0.29) is 43.4 Å². The molecule has 0 radical (unpaired) electrons. The average molecular weight is 685 g/mol. The van der Waals surface area contributed by atoms with Crippen molar-refractivity contribution < 1.29 is 38.8 Å². The molecule has 0 aromatic heterocycles. The Morgan fingerprint density at radius 3 is 2.61 bits per heavy atom. The normalized spacial score (nSPS) is 28.1. The summed E-state index contributed by atoms with van der Waals surface area (Å²) >= 11 is 2.03. The van der Waals surface area contributed by atoms with E-state index in [4.69, 9.17) is 14.2 Å². The van der Waals surface area contributed by atoms with Crippen LogP contribution in [-0.2, 0) is 14.3 Å². The smallest absolute Gasteiger partial charge is 0.248 e. The number of aldehydes is 1. The Morgan fingerprint density at radius 1 is 1.24 bits per heavy atom. The monoisotopic (exact) mass is 684 g/mol. The number of carbonyl (C=O) groups is 3.